The minimum Gasteiger partial charge on any atom is -0.429 e. The number of hydrogen-bond acceptors (Lipinski definition) is 1. The first-order valence-corrected chi connectivity index (χ1v) is 6.37. The Hall–Kier alpha value is 0.107. The fourth-order valence-corrected chi connectivity index (χ4v) is 1.60. The fourth-order valence-electron chi connectivity index (χ4n) is 0.607. The third kappa shape index (κ3) is 3.65. The standard InChI is InChI=1S/C6H15FOSi/c1-4-5-6(7)9(2,3)8/h6,8H,4-5H2,1-3H3. The van der Waals surface area contributed by atoms with Crippen molar-refractivity contribution in [2.75, 3.05) is 0 Å². The zero-order valence-electron chi connectivity index (χ0n) is 6.32. The van der Waals surface area contributed by atoms with Gasteiger partial charge in [-0.3, -0.25) is 0 Å². The number of alkyl halides is 1. The summed E-state index contributed by atoms with van der Waals surface area (Å²) < 4.78 is 12.7. The van der Waals surface area contributed by atoms with Crippen LogP contribution in [0.3, 0.4) is 0 Å². The van der Waals surface area contributed by atoms with Crippen LogP contribution in [0.4, 0.5) is 4.39 Å². The van der Waals surface area contributed by atoms with E-state index < -0.39 is 14.1 Å². The second kappa shape index (κ2) is 3.32. The van der Waals surface area contributed by atoms with Crippen molar-refractivity contribution in [3.8, 4) is 0 Å². The summed E-state index contributed by atoms with van der Waals surface area (Å²) in [6.45, 7) is 5.19. The first kappa shape index (κ1) is 9.11. The lowest BCUT2D eigenvalue weighted by molar-refractivity contribution is 0.353. The van der Waals surface area contributed by atoms with Gasteiger partial charge in [0.25, 0.3) is 0 Å². The Morgan fingerprint density at radius 2 is 2.00 bits per heavy atom. The Bertz CT molecular complexity index is 79.6. The molecule has 0 radical (unpaired) electrons. The Balaban J connectivity index is 3.59. The minimum absolute atomic E-state index is 0.510. The first-order valence-electron chi connectivity index (χ1n) is 3.35. The van der Waals surface area contributed by atoms with Gasteiger partial charge in [0, 0.05) is 0 Å². The van der Waals surface area contributed by atoms with Gasteiger partial charge in [0.1, 0.15) is 5.79 Å². The quantitative estimate of drug-likeness (QED) is 0.609. The molecule has 0 aliphatic heterocycles. The van der Waals surface area contributed by atoms with Gasteiger partial charge in [-0.25, -0.2) is 4.39 Å². The van der Waals surface area contributed by atoms with E-state index in [4.69, 9.17) is 0 Å². The molecule has 1 unspecified atom stereocenters. The van der Waals surface area contributed by atoms with Gasteiger partial charge in [-0.05, 0) is 19.5 Å². The molecule has 0 fully saturated rings. The average molecular weight is 150 g/mol. The van der Waals surface area contributed by atoms with Gasteiger partial charge in [-0.1, -0.05) is 13.3 Å². The van der Waals surface area contributed by atoms with Crippen molar-refractivity contribution < 1.29 is 9.19 Å². The second-order valence-electron chi connectivity index (χ2n) is 2.91. The molecule has 0 aliphatic rings. The van der Waals surface area contributed by atoms with Crippen LogP contribution in [0.5, 0.6) is 0 Å². The lowest BCUT2D eigenvalue weighted by atomic mass is 10.4. The smallest absolute Gasteiger partial charge is 0.217 e. The fraction of sp³-hybridized carbons (Fsp3) is 1.00. The van der Waals surface area contributed by atoms with Crippen molar-refractivity contribution in [1.29, 1.82) is 0 Å². The van der Waals surface area contributed by atoms with E-state index in [9.17, 15) is 9.19 Å². The molecule has 0 rings (SSSR count). The summed E-state index contributed by atoms with van der Waals surface area (Å²) in [5.74, 6) is -0.942. The molecule has 0 amide bonds. The van der Waals surface area contributed by atoms with Crippen LogP contribution < -0.4 is 0 Å². The van der Waals surface area contributed by atoms with E-state index in [0.717, 1.165) is 6.42 Å². The van der Waals surface area contributed by atoms with Gasteiger partial charge in [0.2, 0.25) is 8.32 Å². The van der Waals surface area contributed by atoms with Crippen LogP contribution in [-0.4, -0.2) is 18.9 Å². The van der Waals surface area contributed by atoms with Crippen LogP contribution in [0.2, 0.25) is 13.1 Å². The van der Waals surface area contributed by atoms with Crippen molar-refractivity contribution >= 4 is 8.32 Å². The SMILES string of the molecule is CCCC(F)[Si](C)(C)O. The van der Waals surface area contributed by atoms with Crippen LogP contribution in [0.25, 0.3) is 0 Å². The van der Waals surface area contributed by atoms with Gasteiger partial charge in [0.15, 0.2) is 0 Å². The van der Waals surface area contributed by atoms with Gasteiger partial charge in [-0.15, -0.1) is 0 Å². The molecular weight excluding hydrogens is 135 g/mol. The van der Waals surface area contributed by atoms with Crippen LogP contribution in [0.1, 0.15) is 19.8 Å². The van der Waals surface area contributed by atoms with E-state index in [1.54, 1.807) is 13.1 Å². The molecule has 0 bridgehead atoms. The number of hydrogen-bond donors (Lipinski definition) is 1. The van der Waals surface area contributed by atoms with Crippen molar-refractivity contribution in [3.63, 3.8) is 0 Å². The molecule has 9 heavy (non-hydrogen) atoms. The van der Waals surface area contributed by atoms with Crippen molar-refractivity contribution in [3.05, 3.63) is 0 Å². The lowest BCUT2D eigenvalue weighted by Crippen LogP contribution is -2.38. The average Bonchev–Trinajstić information content (AvgIpc) is 1.64. The molecule has 1 nitrogen and oxygen atoms in total. The summed E-state index contributed by atoms with van der Waals surface area (Å²) in [6.07, 6.45) is 1.33. The van der Waals surface area contributed by atoms with Crippen LogP contribution in [-0.2, 0) is 0 Å². The highest BCUT2D eigenvalue weighted by molar-refractivity contribution is 6.71. The monoisotopic (exact) mass is 150 g/mol. The lowest BCUT2D eigenvalue weighted by Gasteiger charge is -2.18. The van der Waals surface area contributed by atoms with E-state index in [2.05, 4.69) is 0 Å². The Labute approximate surface area is 57.0 Å². The van der Waals surface area contributed by atoms with Crippen molar-refractivity contribution in [1.82, 2.24) is 0 Å². The zero-order valence-corrected chi connectivity index (χ0v) is 7.32. The molecule has 0 saturated heterocycles. The van der Waals surface area contributed by atoms with Gasteiger partial charge < -0.3 is 4.80 Å². The Kier molecular flexibility index (Phi) is 3.36. The van der Waals surface area contributed by atoms with E-state index in [0.29, 0.717) is 6.42 Å². The Morgan fingerprint density at radius 3 is 2.11 bits per heavy atom. The summed E-state index contributed by atoms with van der Waals surface area (Å²) in [7, 11) is -2.45. The van der Waals surface area contributed by atoms with E-state index in [1.807, 2.05) is 6.92 Å². The first-order chi connectivity index (χ1) is 3.98. The second-order valence-corrected chi connectivity index (χ2v) is 6.84. The summed E-state index contributed by atoms with van der Waals surface area (Å²) in [5, 5.41) is 0. The highest BCUT2D eigenvalue weighted by atomic mass is 28.4. The summed E-state index contributed by atoms with van der Waals surface area (Å²) in [4.78, 5) is 9.18. The van der Waals surface area contributed by atoms with Crippen LogP contribution >= 0.6 is 0 Å². The summed E-state index contributed by atoms with van der Waals surface area (Å²) in [5.41, 5.74) is 0. The van der Waals surface area contributed by atoms with Crippen LogP contribution in [0.15, 0.2) is 0 Å². The van der Waals surface area contributed by atoms with E-state index in [-0.39, 0.29) is 0 Å². The van der Waals surface area contributed by atoms with Crippen molar-refractivity contribution in [2.45, 2.75) is 38.7 Å². The summed E-state index contributed by atoms with van der Waals surface area (Å²) in [6, 6.07) is 0. The zero-order chi connectivity index (χ0) is 7.49. The predicted molar refractivity (Wildman–Crippen MR) is 39.5 cm³/mol. The van der Waals surface area contributed by atoms with Crippen molar-refractivity contribution in [2.24, 2.45) is 0 Å². The maximum atomic E-state index is 12.7. The van der Waals surface area contributed by atoms with Gasteiger partial charge in [0.05, 0.1) is 0 Å². The molecule has 3 heteroatoms. The summed E-state index contributed by atoms with van der Waals surface area (Å²) >= 11 is 0. The molecule has 56 valence electrons. The maximum Gasteiger partial charge on any atom is 0.217 e. The molecule has 0 saturated carbocycles. The van der Waals surface area contributed by atoms with Crippen LogP contribution in [0, 0.1) is 0 Å². The normalized spacial score (nSPS) is 15.7. The maximum absolute atomic E-state index is 12.7. The molecule has 0 aromatic rings. The third-order valence-corrected chi connectivity index (χ3v) is 3.13. The predicted octanol–water partition coefficient (Wildman–Crippen LogP) is 1.86. The van der Waals surface area contributed by atoms with E-state index >= 15 is 0 Å². The molecule has 0 aromatic heterocycles. The largest absolute Gasteiger partial charge is 0.429 e. The Morgan fingerprint density at radius 1 is 1.56 bits per heavy atom. The molecule has 0 heterocycles. The molecule has 1 N–H and O–H groups in total. The third-order valence-electron chi connectivity index (χ3n) is 1.31. The number of halogens is 1. The minimum atomic E-state index is -2.45. The molecule has 0 aliphatic carbocycles. The highest BCUT2D eigenvalue weighted by Gasteiger charge is 2.28. The molecule has 0 aromatic carbocycles. The topological polar surface area (TPSA) is 20.2 Å². The van der Waals surface area contributed by atoms with Gasteiger partial charge >= 0.3 is 0 Å². The molecular formula is C6H15FOSi. The number of rotatable bonds is 3. The highest BCUT2D eigenvalue weighted by Crippen LogP contribution is 2.12. The van der Waals surface area contributed by atoms with E-state index in [1.165, 1.54) is 0 Å². The van der Waals surface area contributed by atoms with Gasteiger partial charge in [-0.2, -0.15) is 0 Å². The molecule has 0 spiro atoms. The molecule has 1 atom stereocenters.